The van der Waals surface area contributed by atoms with Gasteiger partial charge in [0.25, 0.3) is 0 Å². The standard InChI is InChI=1S/C15H27NO/c1-5-6-12-10-15(3)8-7-14(17)16(4)13(15)9-11(12)2/h11-13H,5-10H2,1-4H3/t11-,12?,13?,15?/m0/s1. The van der Waals surface area contributed by atoms with E-state index in [0.717, 1.165) is 24.7 Å². The van der Waals surface area contributed by atoms with Crippen molar-refractivity contribution in [2.45, 2.75) is 65.3 Å². The molecule has 0 N–H and O–H groups in total. The second-order valence-electron chi connectivity index (χ2n) is 6.64. The molecule has 1 aliphatic carbocycles. The number of fused-ring (bicyclic) bond motifs is 1. The van der Waals surface area contributed by atoms with Gasteiger partial charge in [0, 0.05) is 19.5 Å². The van der Waals surface area contributed by atoms with E-state index in [0.29, 0.717) is 17.4 Å². The Morgan fingerprint density at radius 2 is 2.18 bits per heavy atom. The molecule has 2 fully saturated rings. The van der Waals surface area contributed by atoms with Crippen LogP contribution >= 0.6 is 0 Å². The number of hydrogen-bond acceptors (Lipinski definition) is 1. The first-order valence-corrected chi connectivity index (χ1v) is 7.23. The first-order chi connectivity index (χ1) is 7.98. The zero-order valence-corrected chi connectivity index (χ0v) is 11.8. The van der Waals surface area contributed by atoms with Gasteiger partial charge in [-0.1, -0.05) is 33.6 Å². The van der Waals surface area contributed by atoms with Crippen LogP contribution in [0.2, 0.25) is 0 Å². The van der Waals surface area contributed by atoms with Crippen LogP contribution in [0.4, 0.5) is 0 Å². The molecule has 4 atom stereocenters. The summed E-state index contributed by atoms with van der Waals surface area (Å²) in [5, 5.41) is 0. The topological polar surface area (TPSA) is 20.3 Å². The Kier molecular flexibility index (Phi) is 3.51. The number of piperidine rings is 1. The fourth-order valence-electron chi connectivity index (χ4n) is 4.16. The number of likely N-dealkylation sites (tertiary alicyclic amines) is 1. The Hall–Kier alpha value is -0.530. The van der Waals surface area contributed by atoms with E-state index in [9.17, 15) is 4.79 Å². The third kappa shape index (κ3) is 2.23. The van der Waals surface area contributed by atoms with Crippen LogP contribution in [0.1, 0.15) is 59.3 Å². The van der Waals surface area contributed by atoms with Crippen LogP contribution < -0.4 is 0 Å². The molecule has 0 aromatic heterocycles. The van der Waals surface area contributed by atoms with Gasteiger partial charge in [0.05, 0.1) is 0 Å². The number of carbonyl (C=O) groups is 1. The maximum absolute atomic E-state index is 11.8. The van der Waals surface area contributed by atoms with Crippen molar-refractivity contribution < 1.29 is 4.79 Å². The molecule has 2 rings (SSSR count). The van der Waals surface area contributed by atoms with Crippen molar-refractivity contribution in [3.8, 4) is 0 Å². The van der Waals surface area contributed by atoms with Crippen LogP contribution in [0, 0.1) is 17.3 Å². The highest BCUT2D eigenvalue weighted by atomic mass is 16.2. The van der Waals surface area contributed by atoms with Crippen LogP contribution in [-0.4, -0.2) is 23.9 Å². The summed E-state index contributed by atoms with van der Waals surface area (Å²) >= 11 is 0. The highest BCUT2D eigenvalue weighted by molar-refractivity contribution is 5.77. The van der Waals surface area contributed by atoms with Gasteiger partial charge in [0.1, 0.15) is 0 Å². The second-order valence-corrected chi connectivity index (χ2v) is 6.64. The maximum atomic E-state index is 11.8. The largest absolute Gasteiger partial charge is 0.342 e. The molecule has 1 amide bonds. The van der Waals surface area contributed by atoms with Gasteiger partial charge in [-0.2, -0.15) is 0 Å². The van der Waals surface area contributed by atoms with Crippen LogP contribution in [-0.2, 0) is 4.79 Å². The van der Waals surface area contributed by atoms with Gasteiger partial charge in [-0.05, 0) is 36.5 Å². The third-order valence-electron chi connectivity index (χ3n) is 5.36. The first kappa shape index (κ1) is 12.9. The summed E-state index contributed by atoms with van der Waals surface area (Å²) in [6.45, 7) is 7.08. The Morgan fingerprint density at radius 1 is 1.47 bits per heavy atom. The van der Waals surface area contributed by atoms with Gasteiger partial charge in [-0.15, -0.1) is 0 Å². The molecule has 98 valence electrons. The van der Waals surface area contributed by atoms with Gasteiger partial charge < -0.3 is 4.90 Å². The first-order valence-electron chi connectivity index (χ1n) is 7.23. The van der Waals surface area contributed by atoms with Crippen molar-refractivity contribution in [1.29, 1.82) is 0 Å². The maximum Gasteiger partial charge on any atom is 0.222 e. The molecular weight excluding hydrogens is 210 g/mol. The summed E-state index contributed by atoms with van der Waals surface area (Å²) in [6.07, 6.45) is 7.06. The van der Waals surface area contributed by atoms with E-state index in [-0.39, 0.29) is 0 Å². The molecule has 1 aliphatic heterocycles. The molecule has 1 saturated carbocycles. The molecule has 3 unspecified atom stereocenters. The van der Waals surface area contributed by atoms with Crippen molar-refractivity contribution in [2.24, 2.45) is 17.3 Å². The predicted molar refractivity (Wildman–Crippen MR) is 70.7 cm³/mol. The fourth-order valence-corrected chi connectivity index (χ4v) is 4.16. The summed E-state index contributed by atoms with van der Waals surface area (Å²) in [4.78, 5) is 13.9. The van der Waals surface area contributed by atoms with Crippen molar-refractivity contribution in [3.63, 3.8) is 0 Å². The summed E-state index contributed by atoms with van der Waals surface area (Å²) in [6, 6.07) is 0.492. The lowest BCUT2D eigenvalue weighted by molar-refractivity contribution is -0.145. The summed E-state index contributed by atoms with van der Waals surface area (Å²) < 4.78 is 0. The quantitative estimate of drug-likeness (QED) is 0.720. The van der Waals surface area contributed by atoms with Gasteiger partial charge in [0.2, 0.25) is 5.91 Å². The SMILES string of the molecule is CCCC1CC2(C)CCC(=O)N(C)C2C[C@@H]1C. The molecule has 2 nitrogen and oxygen atoms in total. The molecule has 0 bridgehead atoms. The lowest BCUT2D eigenvalue weighted by Gasteiger charge is -2.53. The van der Waals surface area contributed by atoms with E-state index in [4.69, 9.17) is 0 Å². The molecule has 0 spiro atoms. The van der Waals surface area contributed by atoms with Crippen LogP contribution in [0.3, 0.4) is 0 Å². The molecule has 0 radical (unpaired) electrons. The molecule has 1 saturated heterocycles. The summed E-state index contributed by atoms with van der Waals surface area (Å²) in [5.74, 6) is 2.01. The normalized spacial score (nSPS) is 42.5. The van der Waals surface area contributed by atoms with Gasteiger partial charge in [-0.3, -0.25) is 4.79 Å². The van der Waals surface area contributed by atoms with E-state index >= 15 is 0 Å². The summed E-state index contributed by atoms with van der Waals surface area (Å²) in [7, 11) is 2.01. The van der Waals surface area contributed by atoms with Crippen LogP contribution in [0.5, 0.6) is 0 Å². The zero-order chi connectivity index (χ0) is 12.6. The molecule has 0 aromatic rings. The minimum atomic E-state index is 0.355. The third-order valence-corrected chi connectivity index (χ3v) is 5.36. The Bertz CT molecular complexity index is 301. The smallest absolute Gasteiger partial charge is 0.222 e. The molecular formula is C15H27NO. The van der Waals surface area contributed by atoms with Gasteiger partial charge >= 0.3 is 0 Å². The molecule has 2 heteroatoms. The van der Waals surface area contributed by atoms with E-state index in [2.05, 4.69) is 20.8 Å². The fraction of sp³-hybridized carbons (Fsp3) is 0.933. The van der Waals surface area contributed by atoms with Crippen molar-refractivity contribution in [3.05, 3.63) is 0 Å². The Balaban J connectivity index is 2.15. The average molecular weight is 237 g/mol. The minimum Gasteiger partial charge on any atom is -0.342 e. The minimum absolute atomic E-state index is 0.355. The number of nitrogens with zero attached hydrogens (tertiary/aromatic N) is 1. The Labute approximate surface area is 106 Å². The van der Waals surface area contributed by atoms with Crippen molar-refractivity contribution in [1.82, 2.24) is 4.90 Å². The van der Waals surface area contributed by atoms with E-state index < -0.39 is 0 Å². The van der Waals surface area contributed by atoms with E-state index in [1.54, 1.807) is 0 Å². The lowest BCUT2D eigenvalue weighted by atomic mass is 9.59. The summed E-state index contributed by atoms with van der Waals surface area (Å²) in [5.41, 5.74) is 0.384. The average Bonchev–Trinajstić information content (AvgIpc) is 2.28. The van der Waals surface area contributed by atoms with Crippen LogP contribution in [0.25, 0.3) is 0 Å². The highest BCUT2D eigenvalue weighted by Crippen LogP contribution is 2.50. The number of rotatable bonds is 2. The molecule has 1 heterocycles. The zero-order valence-electron chi connectivity index (χ0n) is 11.8. The monoisotopic (exact) mass is 237 g/mol. The Morgan fingerprint density at radius 3 is 2.82 bits per heavy atom. The number of hydrogen-bond donors (Lipinski definition) is 0. The van der Waals surface area contributed by atoms with Gasteiger partial charge in [-0.25, -0.2) is 0 Å². The molecule has 0 aromatic carbocycles. The predicted octanol–water partition coefficient (Wildman–Crippen LogP) is 3.46. The van der Waals surface area contributed by atoms with Crippen molar-refractivity contribution in [2.75, 3.05) is 7.05 Å². The van der Waals surface area contributed by atoms with Crippen molar-refractivity contribution >= 4 is 5.91 Å². The number of amides is 1. The van der Waals surface area contributed by atoms with Gasteiger partial charge in [0.15, 0.2) is 0 Å². The second kappa shape index (κ2) is 4.62. The molecule has 2 aliphatic rings. The van der Waals surface area contributed by atoms with Crippen LogP contribution in [0.15, 0.2) is 0 Å². The lowest BCUT2D eigenvalue weighted by Crippen LogP contribution is -2.56. The van der Waals surface area contributed by atoms with E-state index in [1.165, 1.54) is 25.7 Å². The molecule has 17 heavy (non-hydrogen) atoms. The van der Waals surface area contributed by atoms with E-state index in [1.807, 2.05) is 11.9 Å². The highest BCUT2D eigenvalue weighted by Gasteiger charge is 2.48. The number of carbonyl (C=O) groups excluding carboxylic acids is 1.